The first kappa shape index (κ1) is 13.0. The molecule has 1 atom stereocenters. The van der Waals surface area contributed by atoms with Crippen molar-refractivity contribution in [2.75, 3.05) is 6.54 Å². The third-order valence-electron chi connectivity index (χ3n) is 2.05. The highest BCUT2D eigenvalue weighted by atomic mass is 16.5. The summed E-state index contributed by atoms with van der Waals surface area (Å²) in [7, 11) is 0. The van der Waals surface area contributed by atoms with Crippen LogP contribution in [0.5, 0.6) is 5.75 Å². The summed E-state index contributed by atoms with van der Waals surface area (Å²) in [5, 5.41) is 2.53. The minimum Gasteiger partial charge on any atom is -0.479 e. The highest BCUT2D eigenvalue weighted by Gasteiger charge is 2.13. The van der Waals surface area contributed by atoms with Crippen molar-refractivity contribution in [1.29, 1.82) is 0 Å². The van der Waals surface area contributed by atoms with E-state index in [2.05, 4.69) is 16.2 Å². The van der Waals surface area contributed by atoms with Gasteiger partial charge in [0.2, 0.25) is 0 Å². The van der Waals surface area contributed by atoms with Crippen molar-refractivity contribution in [3.8, 4) is 18.1 Å². The topological polar surface area (TPSA) is 77.2 Å². The Morgan fingerprint density at radius 1 is 1.71 bits per heavy atom. The summed E-state index contributed by atoms with van der Waals surface area (Å²) in [4.78, 5) is 15.5. The van der Waals surface area contributed by atoms with E-state index in [1.54, 1.807) is 19.1 Å². The number of nitrogens with zero attached hydrogens (tertiary/aromatic N) is 1. The van der Waals surface area contributed by atoms with Crippen LogP contribution in [0, 0.1) is 12.3 Å². The molecule has 1 aromatic rings. The number of amides is 1. The summed E-state index contributed by atoms with van der Waals surface area (Å²) in [5.41, 5.74) is 6.18. The number of carbonyl (C=O) groups is 1. The highest BCUT2D eigenvalue weighted by Crippen LogP contribution is 2.11. The van der Waals surface area contributed by atoms with Crippen molar-refractivity contribution in [3.63, 3.8) is 0 Å². The van der Waals surface area contributed by atoms with Crippen LogP contribution in [-0.2, 0) is 11.3 Å². The van der Waals surface area contributed by atoms with E-state index >= 15 is 0 Å². The molecule has 3 N–H and O–H groups in total. The van der Waals surface area contributed by atoms with Crippen LogP contribution in [-0.4, -0.2) is 23.5 Å². The minimum atomic E-state index is -0.617. The Hall–Kier alpha value is -2.06. The molecule has 17 heavy (non-hydrogen) atoms. The zero-order valence-corrected chi connectivity index (χ0v) is 9.64. The van der Waals surface area contributed by atoms with Gasteiger partial charge in [0.25, 0.3) is 5.91 Å². The van der Waals surface area contributed by atoms with Crippen molar-refractivity contribution in [2.45, 2.75) is 19.6 Å². The van der Waals surface area contributed by atoms with Crippen LogP contribution < -0.4 is 15.8 Å². The fourth-order valence-electron chi connectivity index (χ4n) is 1.14. The standard InChI is InChI=1S/C12H15N3O2/c1-3-6-14-12(16)9(2)17-11-5-4-10(7-13)15-8-11/h1,4-5,8-9H,6-7,13H2,2H3,(H,14,16). The van der Waals surface area contributed by atoms with Gasteiger partial charge in [-0.25, -0.2) is 0 Å². The maximum absolute atomic E-state index is 11.5. The summed E-state index contributed by atoms with van der Waals surface area (Å²) < 4.78 is 5.39. The number of aromatic nitrogens is 1. The van der Waals surface area contributed by atoms with Gasteiger partial charge in [0.1, 0.15) is 5.75 Å². The zero-order valence-electron chi connectivity index (χ0n) is 9.64. The van der Waals surface area contributed by atoms with Gasteiger partial charge in [-0.2, -0.15) is 0 Å². The zero-order chi connectivity index (χ0) is 12.7. The molecule has 1 heterocycles. The Balaban J connectivity index is 2.52. The monoisotopic (exact) mass is 233 g/mol. The van der Waals surface area contributed by atoms with E-state index in [9.17, 15) is 4.79 Å². The highest BCUT2D eigenvalue weighted by molar-refractivity contribution is 5.80. The number of rotatable bonds is 5. The van der Waals surface area contributed by atoms with E-state index in [4.69, 9.17) is 16.9 Å². The van der Waals surface area contributed by atoms with Gasteiger partial charge in [-0.15, -0.1) is 6.42 Å². The molecule has 0 aromatic carbocycles. The summed E-state index contributed by atoms with van der Waals surface area (Å²) >= 11 is 0. The fourth-order valence-corrected chi connectivity index (χ4v) is 1.14. The summed E-state index contributed by atoms with van der Waals surface area (Å²) in [6, 6.07) is 3.47. The lowest BCUT2D eigenvalue weighted by Gasteiger charge is -2.13. The number of hydrogen-bond donors (Lipinski definition) is 2. The van der Waals surface area contributed by atoms with Crippen molar-refractivity contribution < 1.29 is 9.53 Å². The number of carbonyl (C=O) groups excluding carboxylic acids is 1. The predicted octanol–water partition coefficient (Wildman–Crippen LogP) is 0.0570. The first-order chi connectivity index (χ1) is 8.17. The SMILES string of the molecule is C#CCNC(=O)C(C)Oc1ccc(CN)nc1. The largest absolute Gasteiger partial charge is 0.479 e. The Bertz CT molecular complexity index is 409. The molecule has 5 nitrogen and oxygen atoms in total. The second-order valence-electron chi connectivity index (χ2n) is 3.37. The molecule has 1 unspecified atom stereocenters. The number of nitrogens with two attached hydrogens (primary N) is 1. The van der Waals surface area contributed by atoms with E-state index < -0.39 is 6.10 Å². The van der Waals surface area contributed by atoms with Gasteiger partial charge in [0.05, 0.1) is 18.4 Å². The molecule has 0 radical (unpaired) electrons. The van der Waals surface area contributed by atoms with Gasteiger partial charge >= 0.3 is 0 Å². The molecule has 1 amide bonds. The maximum atomic E-state index is 11.5. The van der Waals surface area contributed by atoms with Gasteiger partial charge in [-0.05, 0) is 19.1 Å². The first-order valence-corrected chi connectivity index (χ1v) is 5.20. The van der Waals surface area contributed by atoms with Crippen LogP contribution in [0.25, 0.3) is 0 Å². The summed E-state index contributed by atoms with van der Waals surface area (Å²) in [5.74, 6) is 2.58. The van der Waals surface area contributed by atoms with E-state index in [0.29, 0.717) is 12.3 Å². The first-order valence-electron chi connectivity index (χ1n) is 5.20. The lowest BCUT2D eigenvalue weighted by Crippen LogP contribution is -2.36. The van der Waals surface area contributed by atoms with E-state index in [-0.39, 0.29) is 12.5 Å². The van der Waals surface area contributed by atoms with Crippen molar-refractivity contribution in [3.05, 3.63) is 24.0 Å². The van der Waals surface area contributed by atoms with E-state index in [1.807, 2.05) is 0 Å². The van der Waals surface area contributed by atoms with Crippen molar-refractivity contribution in [2.24, 2.45) is 5.73 Å². The van der Waals surface area contributed by atoms with Gasteiger partial charge < -0.3 is 15.8 Å². The normalized spacial score (nSPS) is 11.4. The molecule has 90 valence electrons. The van der Waals surface area contributed by atoms with Gasteiger partial charge in [-0.3, -0.25) is 9.78 Å². The minimum absolute atomic E-state index is 0.191. The van der Waals surface area contributed by atoms with Gasteiger partial charge in [-0.1, -0.05) is 5.92 Å². The van der Waals surface area contributed by atoms with Crippen LogP contribution in [0.15, 0.2) is 18.3 Å². The number of pyridine rings is 1. The molecule has 0 aliphatic carbocycles. The van der Waals surface area contributed by atoms with Crippen molar-refractivity contribution >= 4 is 5.91 Å². The second-order valence-corrected chi connectivity index (χ2v) is 3.37. The molecule has 0 aliphatic rings. The number of hydrogen-bond acceptors (Lipinski definition) is 4. The lowest BCUT2D eigenvalue weighted by atomic mass is 10.3. The second kappa shape index (κ2) is 6.51. The van der Waals surface area contributed by atoms with Gasteiger partial charge in [0, 0.05) is 6.54 Å². The number of ether oxygens (including phenoxy) is 1. The number of nitrogens with one attached hydrogen (secondary N) is 1. The third kappa shape index (κ3) is 4.13. The molecule has 0 saturated carbocycles. The van der Waals surface area contributed by atoms with Crippen LogP contribution in [0.3, 0.4) is 0 Å². The Morgan fingerprint density at radius 2 is 2.47 bits per heavy atom. The molecule has 1 rings (SSSR count). The average Bonchev–Trinajstić information content (AvgIpc) is 2.36. The third-order valence-corrected chi connectivity index (χ3v) is 2.05. The van der Waals surface area contributed by atoms with Crippen LogP contribution in [0.1, 0.15) is 12.6 Å². The molecule has 0 spiro atoms. The van der Waals surface area contributed by atoms with Crippen LogP contribution in [0.2, 0.25) is 0 Å². The molecular weight excluding hydrogens is 218 g/mol. The molecule has 0 bridgehead atoms. The molecular formula is C12H15N3O2. The van der Waals surface area contributed by atoms with Crippen molar-refractivity contribution in [1.82, 2.24) is 10.3 Å². The molecule has 0 aliphatic heterocycles. The smallest absolute Gasteiger partial charge is 0.261 e. The molecule has 5 heteroatoms. The lowest BCUT2D eigenvalue weighted by molar-refractivity contribution is -0.127. The summed E-state index contributed by atoms with van der Waals surface area (Å²) in [6.07, 6.45) is 5.95. The fraction of sp³-hybridized carbons (Fsp3) is 0.333. The average molecular weight is 233 g/mol. The van der Waals surface area contributed by atoms with Crippen LogP contribution >= 0.6 is 0 Å². The molecule has 0 saturated heterocycles. The Labute approximate surface area is 100 Å². The Morgan fingerprint density at radius 3 is 3.00 bits per heavy atom. The predicted molar refractivity (Wildman–Crippen MR) is 64.1 cm³/mol. The molecule has 1 aromatic heterocycles. The van der Waals surface area contributed by atoms with E-state index in [1.165, 1.54) is 6.20 Å². The maximum Gasteiger partial charge on any atom is 0.261 e. The quantitative estimate of drug-likeness (QED) is 0.705. The van der Waals surface area contributed by atoms with Crippen LogP contribution in [0.4, 0.5) is 0 Å². The summed E-state index contributed by atoms with van der Waals surface area (Å²) in [6.45, 7) is 2.21. The van der Waals surface area contributed by atoms with E-state index in [0.717, 1.165) is 5.69 Å². The number of terminal acetylenes is 1. The van der Waals surface area contributed by atoms with Gasteiger partial charge in [0.15, 0.2) is 6.10 Å². The Kier molecular flexibility index (Phi) is 4.98. The molecule has 0 fully saturated rings.